The predicted molar refractivity (Wildman–Crippen MR) is 118 cm³/mol. The third kappa shape index (κ3) is 11.6. The fourth-order valence-electron chi connectivity index (χ4n) is 2.68. The number of ether oxygens (including phenoxy) is 2. The number of nitrogens with one attached hydrogen (secondary N) is 3. The van der Waals surface area contributed by atoms with Gasteiger partial charge in [-0.3, -0.25) is 4.99 Å². The summed E-state index contributed by atoms with van der Waals surface area (Å²) in [5, 5.41) is 18.5. The Morgan fingerprint density at radius 1 is 1.26 bits per heavy atom. The van der Waals surface area contributed by atoms with Gasteiger partial charge in [-0.1, -0.05) is 0 Å². The van der Waals surface area contributed by atoms with Gasteiger partial charge in [0, 0.05) is 38.3 Å². The SMILES string of the molecule is CCNC(=NCC1(CCO)CCOC1)NCCCNC(=O)OC(C)(C)C.I. The molecular weight excluding hydrogens is 463 g/mol. The van der Waals surface area contributed by atoms with Gasteiger partial charge in [0.2, 0.25) is 0 Å². The first-order valence-electron chi connectivity index (χ1n) is 9.48. The van der Waals surface area contributed by atoms with Crippen LogP contribution < -0.4 is 16.0 Å². The summed E-state index contributed by atoms with van der Waals surface area (Å²) >= 11 is 0. The van der Waals surface area contributed by atoms with Crippen LogP contribution in [0, 0.1) is 5.41 Å². The number of carbonyl (C=O) groups is 1. The predicted octanol–water partition coefficient (Wildman–Crippen LogP) is 1.86. The van der Waals surface area contributed by atoms with Gasteiger partial charge in [-0.2, -0.15) is 0 Å². The van der Waals surface area contributed by atoms with E-state index in [-0.39, 0.29) is 36.0 Å². The molecule has 9 heteroatoms. The molecule has 1 atom stereocenters. The topological polar surface area (TPSA) is 104 Å². The summed E-state index contributed by atoms with van der Waals surface area (Å²) < 4.78 is 10.7. The maximum atomic E-state index is 11.6. The molecule has 27 heavy (non-hydrogen) atoms. The quantitative estimate of drug-likeness (QED) is 0.167. The van der Waals surface area contributed by atoms with Crippen LogP contribution in [0.1, 0.15) is 47.0 Å². The number of alkyl carbamates (subject to hydrolysis) is 1. The Balaban J connectivity index is 0.00000676. The molecule has 0 radical (unpaired) electrons. The number of aliphatic imine (C=N–C) groups is 1. The maximum absolute atomic E-state index is 11.6. The number of guanidine groups is 1. The Hall–Kier alpha value is -0.810. The minimum atomic E-state index is -0.484. The van der Waals surface area contributed by atoms with E-state index in [0.29, 0.717) is 32.7 Å². The van der Waals surface area contributed by atoms with Gasteiger partial charge in [0.1, 0.15) is 5.60 Å². The smallest absolute Gasteiger partial charge is 0.407 e. The third-order valence-electron chi connectivity index (χ3n) is 4.06. The van der Waals surface area contributed by atoms with Crippen LogP contribution in [0.4, 0.5) is 4.79 Å². The Kier molecular flexibility index (Phi) is 13.0. The van der Waals surface area contributed by atoms with Crippen molar-refractivity contribution in [2.24, 2.45) is 10.4 Å². The van der Waals surface area contributed by atoms with Crippen LogP contribution in [-0.2, 0) is 9.47 Å². The fraction of sp³-hybridized carbons (Fsp3) is 0.889. The van der Waals surface area contributed by atoms with E-state index >= 15 is 0 Å². The Morgan fingerprint density at radius 2 is 1.96 bits per heavy atom. The molecule has 1 unspecified atom stereocenters. The first kappa shape index (κ1) is 26.2. The van der Waals surface area contributed by atoms with Crippen LogP contribution in [0.5, 0.6) is 0 Å². The van der Waals surface area contributed by atoms with E-state index in [9.17, 15) is 9.90 Å². The van der Waals surface area contributed by atoms with E-state index in [1.165, 1.54) is 0 Å². The lowest BCUT2D eigenvalue weighted by atomic mass is 9.84. The molecule has 0 aromatic carbocycles. The molecule has 1 heterocycles. The molecule has 0 aromatic heterocycles. The van der Waals surface area contributed by atoms with E-state index in [2.05, 4.69) is 20.9 Å². The number of amides is 1. The van der Waals surface area contributed by atoms with Crippen molar-refractivity contribution in [2.75, 3.05) is 46.0 Å². The molecule has 0 aliphatic carbocycles. The van der Waals surface area contributed by atoms with Crippen molar-refractivity contribution >= 4 is 36.0 Å². The number of hydrogen-bond acceptors (Lipinski definition) is 5. The van der Waals surface area contributed by atoms with Crippen molar-refractivity contribution in [1.29, 1.82) is 0 Å². The minimum absolute atomic E-state index is 0. The van der Waals surface area contributed by atoms with Gasteiger partial charge in [0.15, 0.2) is 5.96 Å². The van der Waals surface area contributed by atoms with Gasteiger partial charge in [-0.05, 0) is 47.0 Å². The Labute approximate surface area is 180 Å². The van der Waals surface area contributed by atoms with Gasteiger partial charge in [-0.25, -0.2) is 4.79 Å². The highest BCUT2D eigenvalue weighted by atomic mass is 127. The van der Waals surface area contributed by atoms with Crippen molar-refractivity contribution in [1.82, 2.24) is 16.0 Å². The van der Waals surface area contributed by atoms with E-state index < -0.39 is 11.7 Å². The van der Waals surface area contributed by atoms with Crippen molar-refractivity contribution in [3.63, 3.8) is 0 Å². The van der Waals surface area contributed by atoms with E-state index in [1.807, 2.05) is 27.7 Å². The van der Waals surface area contributed by atoms with Gasteiger partial charge in [0.05, 0.1) is 13.2 Å². The van der Waals surface area contributed by atoms with Crippen LogP contribution in [0.2, 0.25) is 0 Å². The van der Waals surface area contributed by atoms with E-state index in [1.54, 1.807) is 0 Å². The lowest BCUT2D eigenvalue weighted by molar-refractivity contribution is 0.0527. The molecular formula is C18H37IN4O4. The van der Waals surface area contributed by atoms with Crippen LogP contribution in [0.25, 0.3) is 0 Å². The average Bonchev–Trinajstić information content (AvgIpc) is 3.00. The molecule has 0 spiro atoms. The monoisotopic (exact) mass is 500 g/mol. The number of hydrogen-bond donors (Lipinski definition) is 4. The van der Waals surface area contributed by atoms with Crippen LogP contribution >= 0.6 is 24.0 Å². The summed E-state index contributed by atoms with van der Waals surface area (Å²) in [6, 6.07) is 0. The molecule has 0 saturated carbocycles. The zero-order chi connectivity index (χ0) is 19.5. The molecule has 1 saturated heterocycles. The molecule has 1 amide bonds. The molecule has 0 bridgehead atoms. The zero-order valence-electron chi connectivity index (χ0n) is 17.1. The molecule has 0 aromatic rings. The number of carbonyl (C=O) groups excluding carboxylic acids is 1. The first-order valence-corrected chi connectivity index (χ1v) is 9.48. The van der Waals surface area contributed by atoms with Gasteiger partial charge >= 0.3 is 6.09 Å². The largest absolute Gasteiger partial charge is 0.444 e. The van der Waals surface area contributed by atoms with Crippen molar-refractivity contribution < 1.29 is 19.4 Å². The Bertz CT molecular complexity index is 449. The summed E-state index contributed by atoms with van der Waals surface area (Å²) in [6.07, 6.45) is 1.99. The van der Waals surface area contributed by atoms with Crippen molar-refractivity contribution in [2.45, 2.75) is 52.6 Å². The number of halogens is 1. The second-order valence-corrected chi connectivity index (χ2v) is 7.68. The second kappa shape index (κ2) is 13.4. The number of aliphatic hydroxyl groups is 1. The number of rotatable bonds is 9. The number of aliphatic hydroxyl groups excluding tert-OH is 1. The molecule has 1 fully saturated rings. The lowest BCUT2D eigenvalue weighted by Crippen LogP contribution is -2.40. The maximum Gasteiger partial charge on any atom is 0.407 e. The van der Waals surface area contributed by atoms with Gasteiger partial charge < -0.3 is 30.5 Å². The molecule has 1 rings (SSSR count). The third-order valence-corrected chi connectivity index (χ3v) is 4.06. The van der Waals surface area contributed by atoms with Crippen molar-refractivity contribution in [3.05, 3.63) is 0 Å². The van der Waals surface area contributed by atoms with Gasteiger partial charge in [-0.15, -0.1) is 24.0 Å². The van der Waals surface area contributed by atoms with Crippen LogP contribution in [0.15, 0.2) is 4.99 Å². The highest BCUT2D eigenvalue weighted by Gasteiger charge is 2.34. The molecule has 160 valence electrons. The normalized spacial score (nSPS) is 20.0. The van der Waals surface area contributed by atoms with E-state index in [4.69, 9.17) is 9.47 Å². The van der Waals surface area contributed by atoms with E-state index in [0.717, 1.165) is 32.0 Å². The van der Waals surface area contributed by atoms with Crippen LogP contribution in [0.3, 0.4) is 0 Å². The van der Waals surface area contributed by atoms with Crippen molar-refractivity contribution in [3.8, 4) is 0 Å². The fourth-order valence-corrected chi connectivity index (χ4v) is 2.68. The molecule has 1 aliphatic rings. The number of nitrogens with zero attached hydrogens (tertiary/aromatic N) is 1. The Morgan fingerprint density at radius 3 is 2.52 bits per heavy atom. The first-order chi connectivity index (χ1) is 12.3. The minimum Gasteiger partial charge on any atom is -0.444 e. The summed E-state index contributed by atoms with van der Waals surface area (Å²) in [5.41, 5.74) is -0.545. The lowest BCUT2D eigenvalue weighted by Gasteiger charge is -2.24. The summed E-state index contributed by atoms with van der Waals surface area (Å²) in [6.45, 7) is 11.7. The molecule has 1 aliphatic heterocycles. The average molecular weight is 500 g/mol. The summed E-state index contributed by atoms with van der Waals surface area (Å²) in [5.74, 6) is 0.744. The highest BCUT2D eigenvalue weighted by molar-refractivity contribution is 14.0. The zero-order valence-corrected chi connectivity index (χ0v) is 19.4. The molecule has 8 nitrogen and oxygen atoms in total. The standard InChI is InChI=1S/C18H36N4O4.HI/c1-5-19-15(22-13-18(7-11-23)8-12-25-14-18)20-9-6-10-21-16(24)26-17(2,3)4;/h23H,5-14H2,1-4H3,(H,21,24)(H2,19,20,22);1H. The summed E-state index contributed by atoms with van der Waals surface area (Å²) in [7, 11) is 0. The van der Waals surface area contributed by atoms with Crippen LogP contribution in [-0.4, -0.2) is 68.8 Å². The van der Waals surface area contributed by atoms with Gasteiger partial charge in [0.25, 0.3) is 0 Å². The summed E-state index contributed by atoms with van der Waals surface area (Å²) in [4.78, 5) is 16.2. The highest BCUT2D eigenvalue weighted by Crippen LogP contribution is 2.32. The molecule has 4 N–H and O–H groups in total. The second-order valence-electron chi connectivity index (χ2n) is 7.68.